The Labute approximate surface area is 222 Å². The van der Waals surface area contributed by atoms with Crippen LogP contribution >= 0.6 is 16.1 Å². The van der Waals surface area contributed by atoms with Crippen LogP contribution in [0.2, 0.25) is 0 Å². The van der Waals surface area contributed by atoms with E-state index in [2.05, 4.69) is 20.3 Å². The van der Waals surface area contributed by atoms with Gasteiger partial charge in [-0.2, -0.15) is 0 Å². The molecule has 1 amide bonds. The zero-order valence-corrected chi connectivity index (χ0v) is 22.2. The highest BCUT2D eigenvalue weighted by molar-refractivity contribution is 7.47. The van der Waals surface area contributed by atoms with Crippen molar-refractivity contribution in [3.05, 3.63) is 48.5 Å². The Hall–Kier alpha value is -2.58. The minimum Gasteiger partial charge on any atom is -0.373 e. The summed E-state index contributed by atoms with van der Waals surface area (Å²) in [7, 11) is -7.38. The van der Waals surface area contributed by atoms with E-state index in [-0.39, 0.29) is 44.4 Å². The summed E-state index contributed by atoms with van der Waals surface area (Å²) < 4.78 is 59.7. The first-order chi connectivity index (χ1) is 18.8. The number of nitrogens with one attached hydrogen (secondary N) is 1. The maximum Gasteiger partial charge on any atom is 0.472 e. The second kappa shape index (κ2) is 11.1. The van der Waals surface area contributed by atoms with Gasteiger partial charge in [-0.15, -0.1) is 0 Å². The smallest absolute Gasteiger partial charge is 0.373 e. The maximum atomic E-state index is 12.6. The quantitative estimate of drug-likeness (QED) is 0.431. The van der Waals surface area contributed by atoms with Crippen molar-refractivity contribution in [1.29, 1.82) is 0 Å². The lowest BCUT2D eigenvalue weighted by Gasteiger charge is -2.21. The van der Waals surface area contributed by atoms with Crippen LogP contribution in [0.15, 0.2) is 43.0 Å². The van der Waals surface area contributed by atoms with Crippen LogP contribution in [-0.4, -0.2) is 74.6 Å². The summed E-state index contributed by atoms with van der Waals surface area (Å²) >= 11 is 0. The molecule has 3 aliphatic heterocycles. The van der Waals surface area contributed by atoms with E-state index < -0.39 is 46.7 Å². The second-order valence-electron chi connectivity index (χ2n) is 9.13. The molecule has 15 nitrogen and oxygen atoms in total. The molecule has 3 fully saturated rings. The van der Waals surface area contributed by atoms with Crippen molar-refractivity contribution >= 4 is 39.0 Å². The Morgan fingerprint density at radius 3 is 2.77 bits per heavy atom. The molecule has 0 radical (unpaired) electrons. The lowest BCUT2D eigenvalue weighted by molar-refractivity contribution is -0.0435. The average molecular weight is 581 g/mol. The highest BCUT2D eigenvalue weighted by atomic mass is 31.2. The van der Waals surface area contributed by atoms with Crippen LogP contribution in [-0.2, 0) is 36.7 Å². The largest absolute Gasteiger partial charge is 0.472 e. The van der Waals surface area contributed by atoms with E-state index in [1.165, 1.54) is 12.7 Å². The Bertz CT molecular complexity index is 1420. The first-order valence-corrected chi connectivity index (χ1v) is 14.9. The fourth-order valence-corrected chi connectivity index (χ4v) is 6.44. The molecule has 17 heteroatoms. The predicted octanol–water partition coefficient (Wildman–Crippen LogP) is 2.46. The Morgan fingerprint density at radius 1 is 1.08 bits per heavy atom. The monoisotopic (exact) mass is 581 g/mol. The number of ether oxygens (including phenoxy) is 2. The van der Waals surface area contributed by atoms with Gasteiger partial charge in [0, 0.05) is 18.4 Å². The van der Waals surface area contributed by atoms with Crippen molar-refractivity contribution in [3.8, 4) is 0 Å². The standard InChI is InChI=1S/C22H25N5O10P2/c28-22(13-4-2-1-3-5-13)26-20-19-21(24-11-23-20)27(12-25-19)18-7-16-17(35-18)10-34-39(30,31)37-15-6-14(32-8-15)9-33-38(29)36-16/h1-5,11-12,14-18,38H,6-10H2,(H,30,31)(H,23,24,26,28). The number of hydrogen-bond acceptors (Lipinski definition) is 12. The number of phosphoric acid groups is 1. The molecule has 5 heterocycles. The number of amides is 1. The van der Waals surface area contributed by atoms with Gasteiger partial charge in [0.25, 0.3) is 5.91 Å². The number of benzene rings is 1. The minimum atomic E-state index is -4.43. The van der Waals surface area contributed by atoms with Crippen molar-refractivity contribution < 1.29 is 46.4 Å². The highest BCUT2D eigenvalue weighted by Gasteiger charge is 2.42. The van der Waals surface area contributed by atoms with Gasteiger partial charge in [-0.1, -0.05) is 18.2 Å². The third kappa shape index (κ3) is 5.97. The maximum absolute atomic E-state index is 12.6. The second-order valence-corrected chi connectivity index (χ2v) is 11.6. The lowest BCUT2D eigenvalue weighted by atomic mass is 10.2. The number of imidazole rings is 1. The molecule has 208 valence electrons. The molecule has 39 heavy (non-hydrogen) atoms. The highest BCUT2D eigenvalue weighted by Crippen LogP contribution is 2.48. The molecule has 2 aromatic heterocycles. The molecule has 0 spiro atoms. The van der Waals surface area contributed by atoms with Gasteiger partial charge in [0.1, 0.15) is 18.7 Å². The first-order valence-electron chi connectivity index (χ1n) is 12.1. The topological polar surface area (TPSA) is 182 Å². The summed E-state index contributed by atoms with van der Waals surface area (Å²) in [5.74, 6) is -0.151. The van der Waals surface area contributed by atoms with Crippen LogP contribution in [0.5, 0.6) is 0 Å². The molecule has 3 saturated heterocycles. The normalized spacial score (nSPS) is 33.6. The van der Waals surface area contributed by atoms with Gasteiger partial charge < -0.3 is 28.7 Å². The molecule has 7 atom stereocenters. The molecule has 7 unspecified atom stereocenters. The van der Waals surface area contributed by atoms with Crippen LogP contribution in [0.3, 0.4) is 0 Å². The van der Waals surface area contributed by atoms with E-state index in [0.29, 0.717) is 16.7 Å². The number of fused-ring (bicyclic) bond motifs is 4. The Morgan fingerprint density at radius 2 is 1.92 bits per heavy atom. The fraction of sp³-hybridized carbons (Fsp3) is 0.455. The number of aromatic nitrogens is 4. The number of nitrogens with zero attached hydrogens (tertiary/aromatic N) is 4. The summed E-state index contributed by atoms with van der Waals surface area (Å²) in [6, 6.07) is 8.66. The number of hydrogen-bond donors (Lipinski definition) is 2. The number of anilines is 1. The van der Waals surface area contributed by atoms with Crippen LogP contribution in [0.1, 0.15) is 29.4 Å². The SMILES string of the molecule is O=C(Nc1ncnc2c1ncn2C1CC2O[PH](=O)OCC3CC(CO3)OP(=O)(O)OCC2O1)c1ccccc1. The molecule has 1 aromatic carbocycles. The molecule has 2 N–H and O–H groups in total. The predicted molar refractivity (Wildman–Crippen MR) is 133 cm³/mol. The molecule has 6 rings (SSSR count). The van der Waals surface area contributed by atoms with Gasteiger partial charge in [-0.05, 0) is 12.1 Å². The molecular formula is C22H25N5O10P2. The Balaban J connectivity index is 1.22. The summed E-state index contributed by atoms with van der Waals surface area (Å²) in [5.41, 5.74) is 1.14. The fourth-order valence-electron chi connectivity index (χ4n) is 4.64. The zero-order chi connectivity index (χ0) is 27.0. The zero-order valence-electron chi connectivity index (χ0n) is 20.3. The summed E-state index contributed by atoms with van der Waals surface area (Å²) in [5, 5.41) is 2.74. The van der Waals surface area contributed by atoms with E-state index >= 15 is 0 Å². The van der Waals surface area contributed by atoms with Crippen molar-refractivity contribution in [1.82, 2.24) is 19.5 Å². The van der Waals surface area contributed by atoms with Crippen molar-refractivity contribution in [2.75, 3.05) is 25.1 Å². The summed E-state index contributed by atoms with van der Waals surface area (Å²) in [6.07, 6.45) is -0.320. The van der Waals surface area contributed by atoms with E-state index in [9.17, 15) is 18.8 Å². The number of rotatable bonds is 3. The Kier molecular flexibility index (Phi) is 7.60. The molecular weight excluding hydrogens is 556 g/mol. The van der Waals surface area contributed by atoms with Crippen LogP contribution < -0.4 is 5.32 Å². The van der Waals surface area contributed by atoms with E-state index in [4.69, 9.17) is 27.6 Å². The van der Waals surface area contributed by atoms with E-state index in [1.807, 2.05) is 0 Å². The van der Waals surface area contributed by atoms with Gasteiger partial charge in [-0.25, -0.2) is 19.5 Å². The minimum absolute atomic E-state index is 0.0174. The van der Waals surface area contributed by atoms with Crippen molar-refractivity contribution in [3.63, 3.8) is 0 Å². The lowest BCUT2D eigenvalue weighted by Crippen LogP contribution is -2.28. The summed E-state index contributed by atoms with van der Waals surface area (Å²) in [6.45, 7) is -0.310. The van der Waals surface area contributed by atoms with Crippen LogP contribution in [0.4, 0.5) is 5.82 Å². The van der Waals surface area contributed by atoms with Gasteiger partial charge >= 0.3 is 16.1 Å². The molecule has 2 bridgehead atoms. The van der Waals surface area contributed by atoms with Crippen LogP contribution in [0.25, 0.3) is 11.2 Å². The number of carbonyl (C=O) groups is 1. The van der Waals surface area contributed by atoms with Crippen molar-refractivity contribution in [2.24, 2.45) is 0 Å². The van der Waals surface area contributed by atoms with Crippen LogP contribution in [0, 0.1) is 0 Å². The molecule has 0 aliphatic carbocycles. The molecule has 3 aromatic rings. The third-order valence-corrected chi connectivity index (χ3v) is 8.42. The molecule has 3 aliphatic rings. The van der Waals surface area contributed by atoms with E-state index in [0.717, 1.165) is 0 Å². The van der Waals surface area contributed by atoms with E-state index in [1.54, 1.807) is 34.9 Å². The molecule has 0 saturated carbocycles. The van der Waals surface area contributed by atoms with Gasteiger partial charge in [0.2, 0.25) is 0 Å². The van der Waals surface area contributed by atoms with Gasteiger partial charge in [-0.3, -0.25) is 23.0 Å². The summed E-state index contributed by atoms with van der Waals surface area (Å²) in [4.78, 5) is 35.7. The third-order valence-electron chi connectivity index (χ3n) is 6.48. The average Bonchev–Trinajstić information content (AvgIpc) is 3.65. The number of phosphoric ester groups is 1. The van der Waals surface area contributed by atoms with Gasteiger partial charge in [0.05, 0.1) is 44.5 Å². The van der Waals surface area contributed by atoms with Gasteiger partial charge in [0.15, 0.2) is 17.0 Å². The number of carbonyl (C=O) groups excluding carboxylic acids is 1. The van der Waals surface area contributed by atoms with Crippen molar-refractivity contribution in [2.45, 2.75) is 43.5 Å². The first kappa shape index (κ1) is 26.6.